The minimum atomic E-state index is -1.02. The van der Waals surface area contributed by atoms with Gasteiger partial charge in [0.1, 0.15) is 17.4 Å². The average Bonchev–Trinajstić information content (AvgIpc) is 3.38. The van der Waals surface area contributed by atoms with Crippen LogP contribution in [0.5, 0.6) is 5.75 Å². The van der Waals surface area contributed by atoms with E-state index in [1.165, 1.54) is 19.2 Å². The normalized spacial score (nSPS) is 14.0. The monoisotopic (exact) mass is 410 g/mol. The Hall–Kier alpha value is -3.62. The molecule has 2 aromatic carbocycles. The first-order valence-corrected chi connectivity index (χ1v) is 9.74. The first-order chi connectivity index (χ1) is 14.5. The van der Waals surface area contributed by atoms with E-state index in [0.29, 0.717) is 23.5 Å². The van der Waals surface area contributed by atoms with Crippen LogP contribution < -0.4 is 10.1 Å². The molecule has 156 valence electrons. The van der Waals surface area contributed by atoms with Gasteiger partial charge >= 0.3 is 12.1 Å². The molecule has 0 bridgehead atoms. The average molecular weight is 410 g/mol. The maximum Gasteiger partial charge on any atom is 0.411 e. The summed E-state index contributed by atoms with van der Waals surface area (Å²) in [6.07, 6.45) is 3.52. The van der Waals surface area contributed by atoms with Crippen molar-refractivity contribution in [2.75, 3.05) is 12.4 Å². The summed E-state index contributed by atoms with van der Waals surface area (Å²) in [6.45, 7) is 0.329. The second kappa shape index (κ2) is 8.40. The number of methoxy groups -OCH3 is 1. The van der Waals surface area contributed by atoms with Gasteiger partial charge in [-0.05, 0) is 56.0 Å². The Morgan fingerprint density at radius 3 is 2.73 bits per heavy atom. The quantitative estimate of drug-likeness (QED) is 0.637. The molecular formula is C21H22N4O5. The second-order valence-electron chi connectivity index (χ2n) is 7.22. The molecule has 9 nitrogen and oxygen atoms in total. The molecule has 0 atom stereocenters. The Morgan fingerprint density at radius 1 is 1.20 bits per heavy atom. The summed E-state index contributed by atoms with van der Waals surface area (Å²) in [6, 6.07) is 9.99. The molecule has 30 heavy (non-hydrogen) atoms. The number of rotatable bonds is 6. The lowest BCUT2D eigenvalue weighted by Gasteiger charge is -2.12. The lowest BCUT2D eigenvalue weighted by Crippen LogP contribution is -2.20. The largest absolute Gasteiger partial charge is 0.496 e. The van der Waals surface area contributed by atoms with Crippen molar-refractivity contribution < 1.29 is 24.2 Å². The molecule has 2 N–H and O–H groups in total. The smallest absolute Gasteiger partial charge is 0.411 e. The van der Waals surface area contributed by atoms with Gasteiger partial charge in [-0.2, -0.15) is 0 Å². The molecular weight excluding hydrogens is 388 g/mol. The lowest BCUT2D eigenvalue weighted by molar-refractivity contribution is 0.0696. The number of carbonyl (C=O) groups is 2. The molecule has 1 aliphatic rings. The van der Waals surface area contributed by atoms with Crippen molar-refractivity contribution in [2.45, 2.75) is 38.3 Å². The highest BCUT2D eigenvalue weighted by Crippen LogP contribution is 2.25. The molecule has 0 radical (unpaired) electrons. The highest BCUT2D eigenvalue weighted by Gasteiger charge is 2.19. The first-order valence-electron chi connectivity index (χ1n) is 9.74. The van der Waals surface area contributed by atoms with Crippen LogP contribution in [0.25, 0.3) is 11.0 Å². The van der Waals surface area contributed by atoms with E-state index in [4.69, 9.17) is 14.6 Å². The zero-order valence-electron chi connectivity index (χ0n) is 16.5. The molecule has 9 heteroatoms. The van der Waals surface area contributed by atoms with Crippen LogP contribution in [0.15, 0.2) is 36.4 Å². The minimum Gasteiger partial charge on any atom is -0.496 e. The van der Waals surface area contributed by atoms with Crippen LogP contribution in [0, 0.1) is 0 Å². The topological polar surface area (TPSA) is 116 Å². The van der Waals surface area contributed by atoms with E-state index in [1.54, 1.807) is 28.9 Å². The third-order valence-corrected chi connectivity index (χ3v) is 5.19. The fraction of sp³-hybridized carbons (Fsp3) is 0.333. The van der Waals surface area contributed by atoms with Crippen LogP contribution in [-0.4, -0.2) is 45.4 Å². The fourth-order valence-corrected chi connectivity index (χ4v) is 3.63. The van der Waals surface area contributed by atoms with Crippen molar-refractivity contribution in [3.05, 3.63) is 47.5 Å². The Balaban J connectivity index is 1.54. The number of fused-ring (bicyclic) bond motifs is 1. The van der Waals surface area contributed by atoms with E-state index >= 15 is 0 Å². The SMILES string of the molecule is COc1cc(C(=O)O)ccc1Cn1nnc2ccc(NC(=O)OC3CCCC3)cc21. The van der Waals surface area contributed by atoms with Gasteiger partial charge in [0.2, 0.25) is 0 Å². The van der Waals surface area contributed by atoms with Crippen molar-refractivity contribution in [1.82, 2.24) is 15.0 Å². The van der Waals surface area contributed by atoms with Gasteiger partial charge in [-0.25, -0.2) is 14.3 Å². The summed E-state index contributed by atoms with van der Waals surface area (Å²) >= 11 is 0. The molecule has 3 aromatic rings. The highest BCUT2D eigenvalue weighted by molar-refractivity contribution is 5.89. The van der Waals surface area contributed by atoms with Gasteiger partial charge in [-0.1, -0.05) is 11.3 Å². The van der Waals surface area contributed by atoms with Crippen LogP contribution >= 0.6 is 0 Å². The van der Waals surface area contributed by atoms with Crippen molar-refractivity contribution in [3.63, 3.8) is 0 Å². The number of carbonyl (C=O) groups excluding carboxylic acids is 1. The number of amides is 1. The van der Waals surface area contributed by atoms with Gasteiger partial charge in [0, 0.05) is 11.3 Å². The van der Waals surface area contributed by atoms with Crippen LogP contribution in [0.3, 0.4) is 0 Å². The van der Waals surface area contributed by atoms with Crippen LogP contribution in [-0.2, 0) is 11.3 Å². The van der Waals surface area contributed by atoms with Crippen molar-refractivity contribution in [2.24, 2.45) is 0 Å². The maximum absolute atomic E-state index is 12.2. The number of hydrogen-bond acceptors (Lipinski definition) is 6. The Bertz CT molecular complexity index is 1090. The molecule has 1 amide bonds. The number of carboxylic acids is 1. The molecule has 4 rings (SSSR count). The molecule has 0 saturated heterocycles. The van der Waals surface area contributed by atoms with E-state index < -0.39 is 12.1 Å². The maximum atomic E-state index is 12.2. The molecule has 1 heterocycles. The molecule has 0 aliphatic heterocycles. The first kappa shape index (κ1) is 19.7. The van der Waals surface area contributed by atoms with Crippen LogP contribution in [0.4, 0.5) is 10.5 Å². The van der Waals surface area contributed by atoms with Gasteiger partial charge in [-0.3, -0.25) is 5.32 Å². The standard InChI is InChI=1S/C21H22N4O5/c1-29-19-10-13(20(26)27)6-7-14(19)12-25-18-11-15(8-9-17(18)23-24-25)22-21(28)30-16-4-2-3-5-16/h6-11,16H,2-5,12H2,1H3,(H,22,28)(H,26,27). The summed E-state index contributed by atoms with van der Waals surface area (Å²) in [5, 5.41) is 20.3. The van der Waals surface area contributed by atoms with Crippen molar-refractivity contribution in [3.8, 4) is 5.75 Å². The molecule has 1 aliphatic carbocycles. The number of nitrogens with zero attached hydrogens (tertiary/aromatic N) is 3. The van der Waals surface area contributed by atoms with Gasteiger partial charge in [0.05, 0.1) is 24.7 Å². The number of nitrogens with one attached hydrogen (secondary N) is 1. The van der Waals surface area contributed by atoms with Gasteiger partial charge < -0.3 is 14.6 Å². The van der Waals surface area contributed by atoms with E-state index in [0.717, 1.165) is 36.8 Å². The third kappa shape index (κ3) is 4.19. The fourth-order valence-electron chi connectivity index (χ4n) is 3.63. The summed E-state index contributed by atoms with van der Waals surface area (Å²) in [7, 11) is 1.49. The third-order valence-electron chi connectivity index (χ3n) is 5.19. The highest BCUT2D eigenvalue weighted by atomic mass is 16.6. The molecule has 0 unspecified atom stereocenters. The number of carboxylic acid groups (broad SMARTS) is 1. The van der Waals surface area contributed by atoms with Gasteiger partial charge in [-0.15, -0.1) is 5.10 Å². The molecule has 0 spiro atoms. The Labute approximate surface area is 172 Å². The van der Waals surface area contributed by atoms with Gasteiger partial charge in [0.15, 0.2) is 0 Å². The zero-order chi connectivity index (χ0) is 21.1. The number of aromatic carboxylic acids is 1. The molecule has 1 fully saturated rings. The van der Waals surface area contributed by atoms with Crippen molar-refractivity contribution in [1.29, 1.82) is 0 Å². The van der Waals surface area contributed by atoms with Crippen LogP contribution in [0.1, 0.15) is 41.6 Å². The predicted octanol–water partition coefficient (Wildman–Crippen LogP) is 3.68. The Morgan fingerprint density at radius 2 is 2.00 bits per heavy atom. The van der Waals surface area contributed by atoms with Crippen LogP contribution in [0.2, 0.25) is 0 Å². The van der Waals surface area contributed by atoms with E-state index in [-0.39, 0.29) is 11.7 Å². The summed E-state index contributed by atoms with van der Waals surface area (Å²) in [4.78, 5) is 23.3. The summed E-state index contributed by atoms with van der Waals surface area (Å²) in [5.74, 6) is -0.570. The summed E-state index contributed by atoms with van der Waals surface area (Å²) < 4.78 is 12.4. The van der Waals surface area contributed by atoms with E-state index in [2.05, 4.69) is 15.6 Å². The zero-order valence-corrected chi connectivity index (χ0v) is 16.5. The minimum absolute atomic E-state index is 0.0119. The molecule has 1 aromatic heterocycles. The summed E-state index contributed by atoms with van der Waals surface area (Å²) in [5.41, 5.74) is 2.88. The van der Waals surface area contributed by atoms with Gasteiger partial charge in [0.25, 0.3) is 0 Å². The lowest BCUT2D eigenvalue weighted by atomic mass is 10.1. The number of anilines is 1. The molecule has 1 saturated carbocycles. The van der Waals surface area contributed by atoms with Crippen molar-refractivity contribution >= 4 is 28.8 Å². The van der Waals surface area contributed by atoms with E-state index in [9.17, 15) is 9.59 Å². The number of benzene rings is 2. The number of ether oxygens (including phenoxy) is 2. The second-order valence-corrected chi connectivity index (χ2v) is 7.22. The number of aromatic nitrogens is 3. The number of hydrogen-bond donors (Lipinski definition) is 2. The predicted molar refractivity (Wildman–Crippen MR) is 109 cm³/mol. The van der Waals surface area contributed by atoms with E-state index in [1.807, 2.05) is 0 Å². The Kier molecular flexibility index (Phi) is 5.51.